The molecule has 0 atom stereocenters. The highest BCUT2D eigenvalue weighted by Crippen LogP contribution is 2.10. The van der Waals surface area contributed by atoms with Crippen molar-refractivity contribution in [2.24, 2.45) is 5.84 Å². The Labute approximate surface area is 105 Å². The molecule has 0 saturated heterocycles. The van der Waals surface area contributed by atoms with Gasteiger partial charge >= 0.3 is 5.91 Å². The number of hydrogen-bond donors (Lipinski definition) is 3. The van der Waals surface area contributed by atoms with E-state index in [9.17, 15) is 9.59 Å². The van der Waals surface area contributed by atoms with Crippen molar-refractivity contribution < 1.29 is 14.0 Å². The number of nitrogens with zero attached hydrogens (tertiary/aromatic N) is 1. The summed E-state index contributed by atoms with van der Waals surface area (Å²) < 4.78 is 5.32. The second-order valence-corrected chi connectivity index (χ2v) is 3.72. The third-order valence-corrected chi connectivity index (χ3v) is 2.49. The van der Waals surface area contributed by atoms with E-state index in [0.29, 0.717) is 18.8 Å². The van der Waals surface area contributed by atoms with Gasteiger partial charge in [0, 0.05) is 7.05 Å². The van der Waals surface area contributed by atoms with Crippen LogP contribution in [0.2, 0.25) is 0 Å². The molecule has 0 saturated carbocycles. The van der Waals surface area contributed by atoms with Crippen LogP contribution in [0.15, 0.2) is 16.5 Å². The first kappa shape index (κ1) is 14.2. The summed E-state index contributed by atoms with van der Waals surface area (Å²) in [7, 11) is 1.59. The monoisotopic (exact) mass is 254 g/mol. The minimum atomic E-state index is -0.476. The fourth-order valence-electron chi connectivity index (χ4n) is 1.44. The Balaban J connectivity index is 2.62. The van der Waals surface area contributed by atoms with Gasteiger partial charge in [-0.1, -0.05) is 6.92 Å². The summed E-state index contributed by atoms with van der Waals surface area (Å²) in [4.78, 5) is 24.4. The quantitative estimate of drug-likeness (QED) is 0.359. The van der Waals surface area contributed by atoms with Gasteiger partial charge in [-0.3, -0.25) is 19.9 Å². The van der Waals surface area contributed by atoms with Gasteiger partial charge in [0.2, 0.25) is 5.91 Å². The van der Waals surface area contributed by atoms with Crippen LogP contribution in [-0.4, -0.2) is 36.9 Å². The van der Waals surface area contributed by atoms with Crippen molar-refractivity contribution >= 4 is 11.8 Å². The Morgan fingerprint density at radius 3 is 2.72 bits per heavy atom. The molecule has 0 aliphatic heterocycles. The van der Waals surface area contributed by atoms with E-state index in [4.69, 9.17) is 10.3 Å². The largest absolute Gasteiger partial charge is 0.455 e. The van der Waals surface area contributed by atoms with Gasteiger partial charge in [0.15, 0.2) is 5.76 Å². The van der Waals surface area contributed by atoms with Crippen molar-refractivity contribution in [3.63, 3.8) is 0 Å². The highest BCUT2D eigenvalue weighted by molar-refractivity contribution is 5.90. The fraction of sp³-hybridized carbons (Fsp3) is 0.455. The number of nitrogens with two attached hydrogens (primary N) is 1. The smallest absolute Gasteiger partial charge is 0.300 e. The molecule has 7 nitrogen and oxygen atoms in total. The topological polar surface area (TPSA) is 101 Å². The van der Waals surface area contributed by atoms with Crippen LogP contribution >= 0.6 is 0 Å². The molecule has 7 heteroatoms. The molecule has 18 heavy (non-hydrogen) atoms. The Morgan fingerprint density at radius 1 is 1.44 bits per heavy atom. The molecular weight excluding hydrogens is 236 g/mol. The summed E-state index contributed by atoms with van der Waals surface area (Å²) >= 11 is 0. The molecule has 1 aromatic rings. The van der Waals surface area contributed by atoms with Crippen LogP contribution < -0.4 is 16.6 Å². The van der Waals surface area contributed by atoms with Gasteiger partial charge in [-0.15, -0.1) is 0 Å². The Kier molecular flexibility index (Phi) is 5.34. The third kappa shape index (κ3) is 3.86. The maximum absolute atomic E-state index is 11.3. The number of furan rings is 1. The molecule has 0 spiro atoms. The Morgan fingerprint density at radius 2 is 2.17 bits per heavy atom. The highest BCUT2D eigenvalue weighted by atomic mass is 16.4. The van der Waals surface area contributed by atoms with Crippen LogP contribution in [0.25, 0.3) is 0 Å². The lowest BCUT2D eigenvalue weighted by molar-refractivity contribution is -0.121. The number of hydrogen-bond acceptors (Lipinski definition) is 5. The first-order chi connectivity index (χ1) is 8.60. The number of carbonyl (C=O) groups is 2. The van der Waals surface area contributed by atoms with Gasteiger partial charge in [0.1, 0.15) is 5.76 Å². The van der Waals surface area contributed by atoms with E-state index in [1.165, 1.54) is 0 Å². The van der Waals surface area contributed by atoms with E-state index >= 15 is 0 Å². The van der Waals surface area contributed by atoms with Crippen LogP contribution in [0.4, 0.5) is 0 Å². The zero-order chi connectivity index (χ0) is 13.5. The SMILES string of the molecule is CCN(CC(=O)NC)Cc1ccc(C(=O)NN)o1. The molecule has 0 aliphatic rings. The zero-order valence-corrected chi connectivity index (χ0v) is 10.5. The Hall–Kier alpha value is -1.86. The van der Waals surface area contributed by atoms with E-state index < -0.39 is 5.91 Å². The highest BCUT2D eigenvalue weighted by Gasteiger charge is 2.13. The maximum Gasteiger partial charge on any atom is 0.300 e. The van der Waals surface area contributed by atoms with Crippen LogP contribution in [0.5, 0.6) is 0 Å². The maximum atomic E-state index is 11.3. The average molecular weight is 254 g/mol. The van der Waals surface area contributed by atoms with E-state index in [1.54, 1.807) is 19.2 Å². The van der Waals surface area contributed by atoms with E-state index in [1.807, 2.05) is 17.2 Å². The molecule has 2 amide bonds. The van der Waals surface area contributed by atoms with Crippen molar-refractivity contribution in [2.75, 3.05) is 20.1 Å². The predicted octanol–water partition coefficient (Wildman–Crippen LogP) is -0.549. The number of carbonyl (C=O) groups excluding carboxylic acids is 2. The molecule has 0 fully saturated rings. The molecule has 0 bridgehead atoms. The van der Waals surface area contributed by atoms with E-state index in [0.717, 1.165) is 0 Å². The molecule has 0 aliphatic carbocycles. The lowest BCUT2D eigenvalue weighted by atomic mass is 10.3. The summed E-state index contributed by atoms with van der Waals surface area (Å²) in [5.74, 6) is 5.23. The second kappa shape index (κ2) is 6.77. The van der Waals surface area contributed by atoms with Gasteiger partial charge in [-0.05, 0) is 18.7 Å². The number of nitrogens with one attached hydrogen (secondary N) is 2. The first-order valence-corrected chi connectivity index (χ1v) is 5.63. The van der Waals surface area contributed by atoms with E-state index in [-0.39, 0.29) is 18.2 Å². The number of amides is 2. The molecule has 0 radical (unpaired) electrons. The third-order valence-electron chi connectivity index (χ3n) is 2.49. The van der Waals surface area contributed by atoms with Crippen molar-refractivity contribution in [2.45, 2.75) is 13.5 Å². The van der Waals surface area contributed by atoms with Crippen LogP contribution in [0, 0.1) is 0 Å². The zero-order valence-electron chi connectivity index (χ0n) is 10.5. The van der Waals surface area contributed by atoms with Crippen molar-refractivity contribution in [3.8, 4) is 0 Å². The average Bonchev–Trinajstić information content (AvgIpc) is 2.85. The predicted molar refractivity (Wildman–Crippen MR) is 65.4 cm³/mol. The van der Waals surface area contributed by atoms with Gasteiger partial charge in [0.25, 0.3) is 0 Å². The molecule has 4 N–H and O–H groups in total. The standard InChI is InChI=1S/C11H18N4O3/c1-3-15(7-10(16)13-2)6-8-4-5-9(18-8)11(17)14-12/h4-5H,3,6-7,12H2,1-2H3,(H,13,16)(H,14,17). The summed E-state index contributed by atoms with van der Waals surface area (Å²) in [5.41, 5.74) is 1.99. The van der Waals surface area contributed by atoms with Crippen molar-refractivity contribution in [1.29, 1.82) is 0 Å². The molecule has 1 aromatic heterocycles. The van der Waals surface area contributed by atoms with Crippen molar-refractivity contribution in [1.82, 2.24) is 15.6 Å². The molecular formula is C11H18N4O3. The number of likely N-dealkylation sites (N-methyl/N-ethyl adjacent to an activating group) is 2. The number of nitrogen functional groups attached to an aromatic ring is 1. The van der Waals surface area contributed by atoms with Gasteiger partial charge in [-0.25, -0.2) is 5.84 Å². The van der Waals surface area contributed by atoms with Gasteiger partial charge < -0.3 is 9.73 Å². The minimum Gasteiger partial charge on any atom is -0.455 e. The summed E-state index contributed by atoms with van der Waals surface area (Å²) in [6.07, 6.45) is 0. The molecule has 0 unspecified atom stereocenters. The summed E-state index contributed by atoms with van der Waals surface area (Å²) in [6.45, 7) is 3.39. The fourth-order valence-corrected chi connectivity index (χ4v) is 1.44. The minimum absolute atomic E-state index is 0.0664. The Bertz CT molecular complexity index is 416. The number of rotatable bonds is 6. The first-order valence-electron chi connectivity index (χ1n) is 5.63. The molecule has 100 valence electrons. The molecule has 1 heterocycles. The summed E-state index contributed by atoms with van der Waals surface area (Å²) in [5, 5.41) is 2.56. The second-order valence-electron chi connectivity index (χ2n) is 3.72. The van der Waals surface area contributed by atoms with Gasteiger partial charge in [0.05, 0.1) is 13.1 Å². The van der Waals surface area contributed by atoms with Crippen LogP contribution in [0.3, 0.4) is 0 Å². The molecule has 1 rings (SSSR count). The molecule has 0 aromatic carbocycles. The van der Waals surface area contributed by atoms with E-state index in [2.05, 4.69) is 5.32 Å². The lowest BCUT2D eigenvalue weighted by Crippen LogP contribution is -2.35. The number of hydrazine groups is 1. The summed E-state index contributed by atoms with van der Waals surface area (Å²) in [6, 6.07) is 3.24. The van der Waals surface area contributed by atoms with Crippen LogP contribution in [-0.2, 0) is 11.3 Å². The van der Waals surface area contributed by atoms with Crippen molar-refractivity contribution in [3.05, 3.63) is 23.7 Å². The van der Waals surface area contributed by atoms with Gasteiger partial charge in [-0.2, -0.15) is 0 Å². The van der Waals surface area contributed by atoms with Crippen LogP contribution in [0.1, 0.15) is 23.2 Å². The lowest BCUT2D eigenvalue weighted by Gasteiger charge is -2.17. The normalized spacial score (nSPS) is 10.4.